The highest BCUT2D eigenvalue weighted by Crippen LogP contribution is 2.13. The molecule has 2 heteroatoms. The van der Waals surface area contributed by atoms with E-state index in [1.807, 2.05) is 0 Å². The van der Waals surface area contributed by atoms with Crippen LogP contribution in [-0.2, 0) is 11.0 Å². The fourth-order valence-corrected chi connectivity index (χ4v) is 4.00. The van der Waals surface area contributed by atoms with Gasteiger partial charge in [-0.1, -0.05) is 99.1 Å². The van der Waals surface area contributed by atoms with E-state index in [4.69, 9.17) is 9.07 Å². The number of aryl methyl sites for hydroxylation is 1. The fraction of sp³-hybridized carbons (Fsp3) is 0.684. The summed E-state index contributed by atoms with van der Waals surface area (Å²) in [7, 11) is 5.89. The van der Waals surface area contributed by atoms with E-state index in [0.29, 0.717) is 0 Å². The van der Waals surface area contributed by atoms with Gasteiger partial charge in [0.25, 0.3) is 0 Å². The molecule has 0 spiro atoms. The maximum atomic E-state index is 5.89. The fourth-order valence-electron chi connectivity index (χ4n) is 2.80. The average Bonchev–Trinajstić information content (AvgIpc) is 2.51. The summed E-state index contributed by atoms with van der Waals surface area (Å²) in [6, 6.07) is 9.12. The molecular weight excluding hydrogens is 288 g/mol. The average molecular weight is 319 g/mol. The second-order valence-corrected chi connectivity index (χ2v) is 8.20. The minimum atomic E-state index is -0.360. The summed E-state index contributed by atoms with van der Waals surface area (Å²) in [4.78, 5) is 0. The standard InChI is InChI=1S/C19H31.ClH.Mg/c1-3-4-5-6-7-8-9-10-11-12-13-19-16-14-18(2)15-17-19;;/h14-17H,2-13H2,1H3;1H;/q;;+1/p-1. The van der Waals surface area contributed by atoms with Crippen LogP contribution >= 0.6 is 9.07 Å². The lowest BCUT2D eigenvalue weighted by Gasteiger charge is -2.04. The topological polar surface area (TPSA) is 0 Å². The van der Waals surface area contributed by atoms with Crippen molar-refractivity contribution in [2.24, 2.45) is 0 Å². The minimum absolute atomic E-state index is 0.360. The molecule has 0 N–H and O–H groups in total. The SMILES string of the molecule is CCCCCCCCCCCCc1ccc([CH2][Mg][Cl])cc1. The van der Waals surface area contributed by atoms with Crippen LogP contribution in [0.4, 0.5) is 0 Å². The Balaban J connectivity index is 1.94. The maximum absolute atomic E-state index is 5.89. The van der Waals surface area contributed by atoms with Crippen LogP contribution in [0.1, 0.15) is 82.3 Å². The zero-order valence-electron chi connectivity index (χ0n) is 13.9. The molecule has 0 aliphatic carbocycles. The third-order valence-electron chi connectivity index (χ3n) is 4.23. The summed E-state index contributed by atoms with van der Waals surface area (Å²) in [5.41, 5.74) is 2.91. The van der Waals surface area contributed by atoms with Gasteiger partial charge in [0.15, 0.2) is 0 Å². The van der Waals surface area contributed by atoms with E-state index < -0.39 is 0 Å². The van der Waals surface area contributed by atoms with Crippen LogP contribution in [0.5, 0.6) is 0 Å². The van der Waals surface area contributed by atoms with Gasteiger partial charge in [-0.2, -0.15) is 0 Å². The first kappa shape index (κ1) is 19.3. The second kappa shape index (κ2) is 13.9. The molecule has 0 aliphatic rings. The molecule has 0 bridgehead atoms. The van der Waals surface area contributed by atoms with E-state index in [2.05, 4.69) is 31.2 Å². The molecule has 1 aromatic carbocycles. The van der Waals surface area contributed by atoms with Crippen LogP contribution in [0, 0.1) is 0 Å². The number of rotatable bonds is 13. The highest BCUT2D eigenvalue weighted by molar-refractivity contribution is 6.93. The Morgan fingerprint density at radius 3 is 1.71 bits per heavy atom. The van der Waals surface area contributed by atoms with Gasteiger partial charge >= 0.3 is 19.3 Å². The van der Waals surface area contributed by atoms with Crippen LogP contribution in [0.2, 0.25) is 0 Å². The predicted molar refractivity (Wildman–Crippen MR) is 97.3 cm³/mol. The van der Waals surface area contributed by atoms with Crippen molar-refractivity contribution in [3.63, 3.8) is 0 Å². The summed E-state index contributed by atoms with van der Waals surface area (Å²) >= 11 is -0.360. The Morgan fingerprint density at radius 2 is 1.19 bits per heavy atom. The first-order valence-electron chi connectivity index (χ1n) is 9.00. The number of hydrogen-bond acceptors (Lipinski definition) is 0. The van der Waals surface area contributed by atoms with Gasteiger partial charge in [0.05, 0.1) is 0 Å². The molecule has 0 aliphatic heterocycles. The van der Waals surface area contributed by atoms with Crippen LogP contribution in [0.25, 0.3) is 0 Å². The van der Waals surface area contributed by atoms with Gasteiger partial charge in [-0.3, -0.25) is 0 Å². The summed E-state index contributed by atoms with van der Waals surface area (Å²) in [6.45, 7) is 2.28. The van der Waals surface area contributed by atoms with Gasteiger partial charge in [-0.05, 0) is 18.4 Å². The molecular formula is C19H31ClMg. The summed E-state index contributed by atoms with van der Waals surface area (Å²) < 4.78 is 1.13. The second-order valence-electron chi connectivity index (χ2n) is 6.19. The largest absolute Gasteiger partial charge is 0.505 e. The van der Waals surface area contributed by atoms with E-state index in [-0.39, 0.29) is 19.3 Å². The zero-order valence-corrected chi connectivity index (χ0v) is 16.0. The number of hydrogen-bond donors (Lipinski definition) is 0. The van der Waals surface area contributed by atoms with Gasteiger partial charge < -0.3 is 9.07 Å². The lowest BCUT2D eigenvalue weighted by Crippen LogP contribution is -1.91. The quantitative estimate of drug-likeness (QED) is 0.287. The van der Waals surface area contributed by atoms with Crippen molar-refractivity contribution in [1.82, 2.24) is 0 Å². The Bertz CT molecular complexity index is 334. The first-order valence-corrected chi connectivity index (χ1v) is 12.1. The Labute approximate surface area is 145 Å². The lowest BCUT2D eigenvalue weighted by atomic mass is 10.0. The summed E-state index contributed by atoms with van der Waals surface area (Å²) in [5.74, 6) is 0. The van der Waals surface area contributed by atoms with Crippen molar-refractivity contribution in [2.45, 2.75) is 82.1 Å². The molecule has 0 heterocycles. The highest BCUT2D eigenvalue weighted by Gasteiger charge is 1.97. The van der Waals surface area contributed by atoms with Crippen molar-refractivity contribution >= 4 is 28.3 Å². The molecule has 0 amide bonds. The summed E-state index contributed by atoms with van der Waals surface area (Å²) in [6.07, 6.45) is 15.4. The Hall–Kier alpha value is 0.276. The molecule has 1 rings (SSSR count). The lowest BCUT2D eigenvalue weighted by molar-refractivity contribution is 0.556. The van der Waals surface area contributed by atoms with E-state index in [1.54, 1.807) is 0 Å². The molecule has 21 heavy (non-hydrogen) atoms. The summed E-state index contributed by atoms with van der Waals surface area (Å²) in [5, 5.41) is 0. The van der Waals surface area contributed by atoms with Gasteiger partial charge in [0.1, 0.15) is 0 Å². The third kappa shape index (κ3) is 10.6. The van der Waals surface area contributed by atoms with Crippen molar-refractivity contribution < 1.29 is 0 Å². The highest BCUT2D eigenvalue weighted by atomic mass is 35.5. The zero-order chi connectivity index (χ0) is 15.2. The maximum Gasteiger partial charge on any atom is 0.505 e. The van der Waals surface area contributed by atoms with E-state index in [9.17, 15) is 0 Å². The molecule has 0 atom stereocenters. The Kier molecular flexibility index (Phi) is 12.8. The van der Waals surface area contributed by atoms with Gasteiger partial charge in [0, 0.05) is 0 Å². The van der Waals surface area contributed by atoms with Gasteiger partial charge in [0.2, 0.25) is 0 Å². The molecule has 0 unspecified atom stereocenters. The third-order valence-corrected chi connectivity index (χ3v) is 5.56. The molecule has 116 valence electrons. The molecule has 0 nitrogen and oxygen atoms in total. The van der Waals surface area contributed by atoms with Crippen LogP contribution < -0.4 is 0 Å². The molecule has 1 aromatic rings. The normalized spacial score (nSPS) is 10.6. The smallest absolute Gasteiger partial charge is 0.345 e. The number of benzene rings is 1. The van der Waals surface area contributed by atoms with Gasteiger partial charge in [-0.15, -0.1) is 0 Å². The monoisotopic (exact) mass is 318 g/mol. The molecule has 0 saturated heterocycles. The van der Waals surface area contributed by atoms with Crippen molar-refractivity contribution in [1.29, 1.82) is 0 Å². The van der Waals surface area contributed by atoms with E-state index in [0.717, 1.165) is 4.55 Å². The van der Waals surface area contributed by atoms with E-state index in [1.165, 1.54) is 81.8 Å². The van der Waals surface area contributed by atoms with Crippen molar-refractivity contribution in [2.75, 3.05) is 0 Å². The molecule has 0 aromatic heterocycles. The van der Waals surface area contributed by atoms with Crippen LogP contribution in [0.15, 0.2) is 24.3 Å². The van der Waals surface area contributed by atoms with Crippen LogP contribution in [0.3, 0.4) is 0 Å². The van der Waals surface area contributed by atoms with Crippen molar-refractivity contribution in [3.05, 3.63) is 35.4 Å². The van der Waals surface area contributed by atoms with Crippen molar-refractivity contribution in [3.8, 4) is 0 Å². The van der Waals surface area contributed by atoms with E-state index >= 15 is 0 Å². The minimum Gasteiger partial charge on any atom is -0.345 e. The molecule has 0 saturated carbocycles. The number of unbranched alkanes of at least 4 members (excludes halogenated alkanes) is 9. The molecule has 0 fully saturated rings. The molecule has 0 radical (unpaired) electrons. The number of halogens is 1. The Morgan fingerprint density at radius 1 is 0.714 bits per heavy atom. The first-order chi connectivity index (χ1) is 10.4. The predicted octanol–water partition coefficient (Wildman–Crippen LogP) is 6.51. The van der Waals surface area contributed by atoms with Crippen LogP contribution in [-0.4, -0.2) is 19.3 Å². The van der Waals surface area contributed by atoms with Gasteiger partial charge in [-0.25, -0.2) is 0 Å².